The van der Waals surface area contributed by atoms with E-state index in [1.165, 1.54) is 13.2 Å². The molecule has 9 nitrogen and oxygen atoms in total. The lowest BCUT2D eigenvalue weighted by atomic mass is 9.86. The number of hydrogen-bond donors (Lipinski definition) is 4. The second kappa shape index (κ2) is 7.40. The summed E-state index contributed by atoms with van der Waals surface area (Å²) >= 11 is 0. The van der Waals surface area contributed by atoms with Crippen LogP contribution in [0, 0.1) is 0 Å². The average Bonchev–Trinajstić information content (AvgIpc) is 3.19. The summed E-state index contributed by atoms with van der Waals surface area (Å²) in [7, 11) is 1.37. The Morgan fingerprint density at radius 1 is 1.21 bits per heavy atom. The van der Waals surface area contributed by atoms with Gasteiger partial charge >= 0.3 is 5.97 Å². The van der Waals surface area contributed by atoms with Crippen LogP contribution in [0.25, 0.3) is 0 Å². The van der Waals surface area contributed by atoms with Crippen molar-refractivity contribution in [3.05, 3.63) is 17.2 Å². The second-order valence-electron chi connectivity index (χ2n) is 7.37. The Labute approximate surface area is 161 Å². The summed E-state index contributed by atoms with van der Waals surface area (Å²) in [6, 6.07) is 1.44. The number of fused-ring (bicyclic) bond motifs is 3. The van der Waals surface area contributed by atoms with Gasteiger partial charge in [0.05, 0.1) is 25.4 Å². The van der Waals surface area contributed by atoms with Crippen LogP contribution in [-0.2, 0) is 9.47 Å². The second-order valence-corrected chi connectivity index (χ2v) is 7.37. The van der Waals surface area contributed by atoms with Crippen molar-refractivity contribution in [1.29, 1.82) is 0 Å². The van der Waals surface area contributed by atoms with Gasteiger partial charge in [-0.05, 0) is 31.7 Å². The van der Waals surface area contributed by atoms with Crippen molar-refractivity contribution in [1.82, 2.24) is 0 Å². The third-order valence-electron chi connectivity index (χ3n) is 5.67. The fraction of sp³-hybridized carbons (Fsp3) is 0.632. The van der Waals surface area contributed by atoms with Crippen molar-refractivity contribution in [2.75, 3.05) is 13.7 Å². The molecule has 1 saturated carbocycles. The van der Waals surface area contributed by atoms with E-state index in [-0.39, 0.29) is 34.5 Å². The number of carbonyl (C=O) groups is 1. The number of aliphatic hydroxyl groups is 3. The zero-order valence-corrected chi connectivity index (χ0v) is 15.4. The van der Waals surface area contributed by atoms with Crippen molar-refractivity contribution in [3.63, 3.8) is 0 Å². The van der Waals surface area contributed by atoms with Gasteiger partial charge in [0.15, 0.2) is 17.6 Å². The highest BCUT2D eigenvalue weighted by Crippen LogP contribution is 2.50. The Bertz CT molecular complexity index is 758. The van der Waals surface area contributed by atoms with Gasteiger partial charge in [-0.1, -0.05) is 0 Å². The van der Waals surface area contributed by atoms with E-state index in [0.717, 1.165) is 25.7 Å². The van der Waals surface area contributed by atoms with E-state index >= 15 is 0 Å². The fourth-order valence-electron chi connectivity index (χ4n) is 4.21. The van der Waals surface area contributed by atoms with Crippen LogP contribution in [0.5, 0.6) is 17.2 Å². The highest BCUT2D eigenvalue weighted by molar-refractivity contribution is 5.95. The Balaban J connectivity index is 1.77. The number of esters is 1. The van der Waals surface area contributed by atoms with Gasteiger partial charge in [-0.15, -0.1) is 0 Å². The van der Waals surface area contributed by atoms with Crippen LogP contribution in [0.3, 0.4) is 0 Å². The Kier molecular flexibility index (Phi) is 5.09. The summed E-state index contributed by atoms with van der Waals surface area (Å²) in [4.78, 5) is 12.6. The summed E-state index contributed by atoms with van der Waals surface area (Å²) in [6.07, 6.45) is -2.49. The highest BCUT2D eigenvalue weighted by Gasteiger charge is 2.52. The lowest BCUT2D eigenvalue weighted by Crippen LogP contribution is -2.58. The zero-order chi connectivity index (χ0) is 20.0. The zero-order valence-electron chi connectivity index (χ0n) is 15.4. The molecule has 5 atom stereocenters. The molecule has 0 radical (unpaired) electrons. The van der Waals surface area contributed by atoms with Crippen LogP contribution in [0.2, 0.25) is 0 Å². The van der Waals surface area contributed by atoms with Gasteiger partial charge < -0.3 is 39.4 Å². The third kappa shape index (κ3) is 2.98. The summed E-state index contributed by atoms with van der Waals surface area (Å²) in [5.74, 6) is -0.831. The van der Waals surface area contributed by atoms with Crippen LogP contribution in [0.15, 0.2) is 6.07 Å². The summed E-state index contributed by atoms with van der Waals surface area (Å²) in [5, 5.41) is 40.7. The maximum absolute atomic E-state index is 12.6. The van der Waals surface area contributed by atoms with Crippen molar-refractivity contribution in [3.8, 4) is 17.2 Å². The van der Waals surface area contributed by atoms with Gasteiger partial charge in [0.1, 0.15) is 24.4 Å². The minimum atomic E-state index is -1.48. The van der Waals surface area contributed by atoms with Crippen molar-refractivity contribution >= 4 is 5.97 Å². The maximum Gasteiger partial charge on any atom is 0.339 e. The topological polar surface area (TPSA) is 135 Å². The predicted octanol–water partition coefficient (Wildman–Crippen LogP) is 0.415. The van der Waals surface area contributed by atoms with E-state index in [1.807, 2.05) is 0 Å². The first-order valence-corrected chi connectivity index (χ1v) is 9.40. The maximum atomic E-state index is 12.6. The standard InChI is InChI=1S/C19H24O9/c1-25-16-10(26-8-4-2-3-5-8)6-9-12(14(16)22)17-18(28-19(9)24)15(23)13(21)11(7-20)27-17/h6,8,11,13,15,17-18,20-23H,2-5,7H2,1H3/t11-,13-,15+,17+,18-/m1/s1. The molecular formula is C19H24O9. The fourth-order valence-corrected chi connectivity index (χ4v) is 4.21. The number of phenols is 1. The minimum Gasteiger partial charge on any atom is -0.504 e. The van der Waals surface area contributed by atoms with E-state index in [2.05, 4.69) is 0 Å². The van der Waals surface area contributed by atoms with E-state index < -0.39 is 43.1 Å². The SMILES string of the molecule is COc1c(OC2CCCC2)cc2c(c1O)[C@@H]1O[C@H](CO)[C@@H](O)[C@H](O)[C@H]1OC2=O. The normalized spacial score (nSPS) is 32.4. The van der Waals surface area contributed by atoms with Gasteiger partial charge in [0.2, 0.25) is 5.75 Å². The van der Waals surface area contributed by atoms with E-state index in [1.54, 1.807) is 0 Å². The monoisotopic (exact) mass is 396 g/mol. The van der Waals surface area contributed by atoms with Crippen LogP contribution in [0.4, 0.5) is 0 Å². The molecule has 9 heteroatoms. The molecule has 2 fully saturated rings. The summed E-state index contributed by atoms with van der Waals surface area (Å²) < 4.78 is 22.2. The smallest absolute Gasteiger partial charge is 0.339 e. The quantitative estimate of drug-likeness (QED) is 0.534. The predicted molar refractivity (Wildman–Crippen MR) is 93.5 cm³/mol. The molecule has 2 aliphatic heterocycles. The molecule has 0 spiro atoms. The summed E-state index contributed by atoms with van der Waals surface area (Å²) in [6.45, 7) is -0.550. The number of ether oxygens (including phenoxy) is 4. The molecule has 0 bridgehead atoms. The van der Waals surface area contributed by atoms with E-state index in [4.69, 9.17) is 18.9 Å². The number of phenolic OH excluding ortho intramolecular Hbond substituents is 1. The van der Waals surface area contributed by atoms with Crippen molar-refractivity contribution < 1.29 is 44.2 Å². The van der Waals surface area contributed by atoms with E-state index in [9.17, 15) is 25.2 Å². The molecule has 1 aromatic carbocycles. The molecule has 3 aliphatic rings. The molecule has 0 aromatic heterocycles. The van der Waals surface area contributed by atoms with Gasteiger partial charge in [-0.25, -0.2) is 4.79 Å². The van der Waals surface area contributed by atoms with Crippen LogP contribution < -0.4 is 9.47 Å². The Morgan fingerprint density at radius 2 is 1.93 bits per heavy atom. The first-order valence-electron chi connectivity index (χ1n) is 9.40. The number of rotatable bonds is 4. The van der Waals surface area contributed by atoms with Crippen molar-refractivity contribution in [2.24, 2.45) is 0 Å². The number of methoxy groups -OCH3 is 1. The molecule has 28 heavy (non-hydrogen) atoms. The van der Waals surface area contributed by atoms with Gasteiger partial charge in [0, 0.05) is 5.56 Å². The van der Waals surface area contributed by atoms with Gasteiger partial charge in [0.25, 0.3) is 0 Å². The lowest BCUT2D eigenvalue weighted by Gasteiger charge is -2.44. The largest absolute Gasteiger partial charge is 0.504 e. The molecule has 4 rings (SSSR count). The van der Waals surface area contributed by atoms with E-state index in [0.29, 0.717) is 0 Å². The van der Waals surface area contributed by atoms with Crippen molar-refractivity contribution in [2.45, 2.75) is 62.3 Å². The molecule has 1 aromatic rings. The van der Waals surface area contributed by atoms with Crippen LogP contribution in [0.1, 0.15) is 47.7 Å². The molecule has 154 valence electrons. The number of benzene rings is 1. The first kappa shape index (κ1) is 19.3. The molecule has 0 amide bonds. The van der Waals surface area contributed by atoms with Crippen LogP contribution in [-0.4, -0.2) is 70.6 Å². The Hall–Kier alpha value is -2.07. The molecule has 4 N–H and O–H groups in total. The van der Waals surface area contributed by atoms with Gasteiger partial charge in [-0.2, -0.15) is 0 Å². The molecular weight excluding hydrogens is 372 g/mol. The number of hydrogen-bond acceptors (Lipinski definition) is 9. The first-order chi connectivity index (χ1) is 13.5. The minimum absolute atomic E-state index is 0.0274. The molecule has 1 aliphatic carbocycles. The average molecular weight is 396 g/mol. The lowest BCUT2D eigenvalue weighted by molar-refractivity contribution is -0.235. The summed E-state index contributed by atoms with van der Waals surface area (Å²) in [5.41, 5.74) is 0.120. The third-order valence-corrected chi connectivity index (χ3v) is 5.67. The molecule has 0 unspecified atom stereocenters. The van der Waals surface area contributed by atoms with Gasteiger partial charge in [-0.3, -0.25) is 0 Å². The number of aromatic hydroxyl groups is 1. The highest BCUT2D eigenvalue weighted by atomic mass is 16.6. The molecule has 2 heterocycles. The Morgan fingerprint density at radius 3 is 2.57 bits per heavy atom. The number of carbonyl (C=O) groups excluding carboxylic acids is 1. The number of aliphatic hydroxyl groups excluding tert-OH is 3. The molecule has 1 saturated heterocycles. The van der Waals surface area contributed by atoms with Crippen LogP contribution >= 0.6 is 0 Å².